The van der Waals surface area contributed by atoms with E-state index in [1.54, 1.807) is 6.92 Å². The van der Waals surface area contributed by atoms with E-state index in [-0.39, 0.29) is 19.6 Å². The fraction of sp³-hybridized carbons (Fsp3) is 0.750. The minimum absolute atomic E-state index is 0.0822. The highest BCUT2D eigenvalue weighted by Gasteiger charge is 2.50. The van der Waals surface area contributed by atoms with Crippen LogP contribution in [0.3, 0.4) is 0 Å². The zero-order valence-corrected chi connectivity index (χ0v) is 7.41. The van der Waals surface area contributed by atoms with Crippen LogP contribution in [0.4, 0.5) is 0 Å². The maximum Gasteiger partial charge on any atom is 0.325 e. The second-order valence-electron chi connectivity index (χ2n) is 2.91. The van der Waals surface area contributed by atoms with Crippen molar-refractivity contribution >= 4 is 11.9 Å². The minimum Gasteiger partial charge on any atom is -0.480 e. The number of carboxylic acids is 1. The molecule has 0 aliphatic carbocycles. The zero-order valence-electron chi connectivity index (χ0n) is 7.41. The van der Waals surface area contributed by atoms with E-state index in [1.165, 1.54) is 0 Å². The molecule has 1 aliphatic rings. The van der Waals surface area contributed by atoms with Crippen LogP contribution in [-0.2, 0) is 19.1 Å². The van der Waals surface area contributed by atoms with E-state index in [0.717, 1.165) is 0 Å². The third kappa shape index (κ3) is 1.65. The Bertz CT molecular complexity index is 217. The lowest BCUT2D eigenvalue weighted by Crippen LogP contribution is -2.41. The lowest BCUT2D eigenvalue weighted by Gasteiger charge is -2.19. The first-order valence-corrected chi connectivity index (χ1v) is 4.12. The number of carboxylic acid groups (broad SMARTS) is 1. The molecule has 1 rings (SSSR count). The molecule has 1 atom stereocenters. The molecule has 13 heavy (non-hydrogen) atoms. The van der Waals surface area contributed by atoms with Crippen molar-refractivity contribution in [3.63, 3.8) is 0 Å². The molecule has 0 amide bonds. The first-order valence-electron chi connectivity index (χ1n) is 4.12. The van der Waals surface area contributed by atoms with Crippen molar-refractivity contribution < 1.29 is 24.2 Å². The molecule has 1 unspecified atom stereocenters. The third-order valence-electron chi connectivity index (χ3n) is 2.10. The summed E-state index contributed by atoms with van der Waals surface area (Å²) in [6.45, 7) is 2.05. The van der Waals surface area contributed by atoms with Crippen LogP contribution in [0.2, 0.25) is 0 Å². The largest absolute Gasteiger partial charge is 0.480 e. The van der Waals surface area contributed by atoms with Crippen molar-refractivity contribution in [1.29, 1.82) is 0 Å². The Morgan fingerprint density at radius 3 is 2.69 bits per heavy atom. The smallest absolute Gasteiger partial charge is 0.325 e. The van der Waals surface area contributed by atoms with Crippen molar-refractivity contribution in [1.82, 2.24) is 0 Å². The number of hydrogen-bond acceptors (Lipinski definition) is 4. The molecule has 5 heteroatoms. The first kappa shape index (κ1) is 9.98. The van der Waals surface area contributed by atoms with Gasteiger partial charge < -0.3 is 14.6 Å². The van der Waals surface area contributed by atoms with Crippen LogP contribution in [0.25, 0.3) is 0 Å². The van der Waals surface area contributed by atoms with E-state index in [9.17, 15) is 9.59 Å². The Morgan fingerprint density at radius 1 is 1.62 bits per heavy atom. The Hall–Kier alpha value is -1.10. The van der Waals surface area contributed by atoms with Crippen molar-refractivity contribution in [2.24, 2.45) is 5.41 Å². The predicted octanol–water partition coefficient (Wildman–Crippen LogP) is 0.0408. The van der Waals surface area contributed by atoms with Gasteiger partial charge in [0.05, 0.1) is 13.2 Å². The molecule has 1 saturated heterocycles. The van der Waals surface area contributed by atoms with Crippen LogP contribution in [0.1, 0.15) is 13.3 Å². The lowest BCUT2D eigenvalue weighted by atomic mass is 9.88. The van der Waals surface area contributed by atoms with Crippen LogP contribution in [0.5, 0.6) is 0 Å². The van der Waals surface area contributed by atoms with Crippen molar-refractivity contribution in [2.75, 3.05) is 19.8 Å². The maximum atomic E-state index is 11.3. The molecule has 1 fully saturated rings. The monoisotopic (exact) mass is 188 g/mol. The SMILES string of the molecule is CCOC(=O)C1(C(=O)O)CCOC1. The van der Waals surface area contributed by atoms with Gasteiger partial charge in [0.25, 0.3) is 0 Å². The Kier molecular flexibility index (Phi) is 2.87. The van der Waals surface area contributed by atoms with Gasteiger partial charge in [0.15, 0.2) is 5.41 Å². The number of ether oxygens (including phenoxy) is 2. The van der Waals surface area contributed by atoms with E-state index in [2.05, 4.69) is 0 Å². The second-order valence-corrected chi connectivity index (χ2v) is 2.91. The van der Waals surface area contributed by atoms with E-state index < -0.39 is 17.4 Å². The topological polar surface area (TPSA) is 72.8 Å². The Labute approximate surface area is 75.6 Å². The van der Waals surface area contributed by atoms with Gasteiger partial charge >= 0.3 is 11.9 Å². The molecule has 0 saturated carbocycles. The van der Waals surface area contributed by atoms with Gasteiger partial charge in [-0.05, 0) is 13.3 Å². The third-order valence-corrected chi connectivity index (χ3v) is 2.10. The standard InChI is InChI=1S/C8H12O5/c1-2-13-7(11)8(6(9)10)3-4-12-5-8/h2-5H2,1H3,(H,9,10). The lowest BCUT2D eigenvalue weighted by molar-refractivity contribution is -0.168. The van der Waals surface area contributed by atoms with Gasteiger partial charge in [0.1, 0.15) is 0 Å². The molecule has 0 bridgehead atoms. The van der Waals surface area contributed by atoms with Crippen LogP contribution >= 0.6 is 0 Å². The molecule has 1 aliphatic heterocycles. The van der Waals surface area contributed by atoms with E-state index in [0.29, 0.717) is 6.61 Å². The number of hydrogen-bond donors (Lipinski definition) is 1. The molecule has 0 radical (unpaired) electrons. The average molecular weight is 188 g/mol. The second kappa shape index (κ2) is 3.74. The van der Waals surface area contributed by atoms with Crippen molar-refractivity contribution in [3.8, 4) is 0 Å². The van der Waals surface area contributed by atoms with Gasteiger partial charge in [-0.25, -0.2) is 0 Å². The molecule has 0 aromatic heterocycles. The molecular formula is C8H12O5. The molecule has 74 valence electrons. The van der Waals surface area contributed by atoms with Crippen LogP contribution in [0.15, 0.2) is 0 Å². The Morgan fingerprint density at radius 2 is 2.31 bits per heavy atom. The summed E-state index contributed by atoms with van der Waals surface area (Å²) >= 11 is 0. The molecule has 1 heterocycles. The summed E-state index contributed by atoms with van der Waals surface area (Å²) in [4.78, 5) is 22.2. The molecule has 0 aromatic carbocycles. The van der Waals surface area contributed by atoms with E-state index in [4.69, 9.17) is 14.6 Å². The molecule has 1 N–H and O–H groups in total. The van der Waals surface area contributed by atoms with Gasteiger partial charge in [-0.3, -0.25) is 9.59 Å². The molecule has 5 nitrogen and oxygen atoms in total. The molecular weight excluding hydrogens is 176 g/mol. The summed E-state index contributed by atoms with van der Waals surface area (Å²) in [6, 6.07) is 0. The van der Waals surface area contributed by atoms with Crippen molar-refractivity contribution in [2.45, 2.75) is 13.3 Å². The fourth-order valence-corrected chi connectivity index (χ4v) is 1.25. The van der Waals surface area contributed by atoms with E-state index >= 15 is 0 Å². The highest BCUT2D eigenvalue weighted by Crippen LogP contribution is 2.30. The number of carbonyl (C=O) groups is 2. The number of aliphatic carboxylic acids is 1. The number of esters is 1. The van der Waals surface area contributed by atoms with Gasteiger partial charge in [0, 0.05) is 6.61 Å². The average Bonchev–Trinajstić information content (AvgIpc) is 2.53. The Balaban J connectivity index is 2.78. The van der Waals surface area contributed by atoms with Crippen LogP contribution in [0, 0.1) is 5.41 Å². The molecule has 0 aromatic rings. The highest BCUT2D eigenvalue weighted by molar-refractivity contribution is 5.99. The van der Waals surface area contributed by atoms with Gasteiger partial charge in [0.2, 0.25) is 0 Å². The first-order chi connectivity index (χ1) is 6.13. The van der Waals surface area contributed by atoms with Gasteiger partial charge in [-0.1, -0.05) is 0 Å². The number of rotatable bonds is 3. The predicted molar refractivity (Wildman–Crippen MR) is 42.1 cm³/mol. The highest BCUT2D eigenvalue weighted by atomic mass is 16.5. The quantitative estimate of drug-likeness (QED) is 0.500. The van der Waals surface area contributed by atoms with E-state index in [1.807, 2.05) is 0 Å². The fourth-order valence-electron chi connectivity index (χ4n) is 1.25. The zero-order chi connectivity index (χ0) is 9.90. The summed E-state index contributed by atoms with van der Waals surface area (Å²) in [5, 5.41) is 8.88. The van der Waals surface area contributed by atoms with Crippen LogP contribution < -0.4 is 0 Å². The summed E-state index contributed by atoms with van der Waals surface area (Å²) in [6.07, 6.45) is 0.196. The summed E-state index contributed by atoms with van der Waals surface area (Å²) in [5.74, 6) is -1.86. The minimum atomic E-state index is -1.46. The summed E-state index contributed by atoms with van der Waals surface area (Å²) in [7, 11) is 0. The van der Waals surface area contributed by atoms with Gasteiger partial charge in [-0.2, -0.15) is 0 Å². The number of carbonyl (C=O) groups excluding carboxylic acids is 1. The summed E-state index contributed by atoms with van der Waals surface area (Å²) in [5.41, 5.74) is -1.46. The van der Waals surface area contributed by atoms with Gasteiger partial charge in [-0.15, -0.1) is 0 Å². The summed E-state index contributed by atoms with van der Waals surface area (Å²) < 4.78 is 9.60. The van der Waals surface area contributed by atoms with Crippen LogP contribution in [-0.4, -0.2) is 36.9 Å². The maximum absolute atomic E-state index is 11.3. The van der Waals surface area contributed by atoms with Crippen molar-refractivity contribution in [3.05, 3.63) is 0 Å². The normalized spacial score (nSPS) is 27.2. The molecule has 0 spiro atoms.